The highest BCUT2D eigenvalue weighted by Gasteiger charge is 2.26. The van der Waals surface area contributed by atoms with Gasteiger partial charge in [0.15, 0.2) is 0 Å². The number of nitrogens with zero attached hydrogens (tertiary/aromatic N) is 2. The number of amides is 1. The smallest absolute Gasteiger partial charge is 0.408 e. The van der Waals surface area contributed by atoms with Gasteiger partial charge in [0.25, 0.3) is 5.89 Å². The molecule has 0 unspecified atom stereocenters. The van der Waals surface area contributed by atoms with Crippen LogP contribution >= 0.6 is 15.9 Å². The summed E-state index contributed by atoms with van der Waals surface area (Å²) in [5.74, 6) is 0.731. The second-order valence-electron chi connectivity index (χ2n) is 6.95. The van der Waals surface area contributed by atoms with Crippen LogP contribution < -0.4 is 5.32 Å². The third-order valence-electron chi connectivity index (χ3n) is 3.59. The van der Waals surface area contributed by atoms with Gasteiger partial charge in [-0.1, -0.05) is 51.4 Å². The first-order valence-electron chi connectivity index (χ1n) is 8.46. The summed E-state index contributed by atoms with van der Waals surface area (Å²) in [6.45, 7) is 5.42. The van der Waals surface area contributed by atoms with E-state index in [1.165, 1.54) is 0 Å². The number of carbonyl (C=O) groups excluding carboxylic acids is 1. The summed E-state index contributed by atoms with van der Waals surface area (Å²) in [5, 5.41) is 6.87. The first kappa shape index (κ1) is 19.1. The number of benzene rings is 2. The zero-order chi connectivity index (χ0) is 19.4. The van der Waals surface area contributed by atoms with Gasteiger partial charge >= 0.3 is 6.09 Å². The molecule has 6 nitrogen and oxygen atoms in total. The molecule has 1 amide bonds. The number of halogens is 1. The Hall–Kier alpha value is -2.67. The average Bonchev–Trinajstić information content (AvgIpc) is 3.09. The van der Waals surface area contributed by atoms with Crippen molar-refractivity contribution in [1.82, 2.24) is 15.5 Å². The van der Waals surface area contributed by atoms with Crippen molar-refractivity contribution in [3.8, 4) is 11.4 Å². The molecule has 2 aromatic carbocycles. The predicted octanol–water partition coefficient (Wildman–Crippen LogP) is 5.11. The Kier molecular flexibility index (Phi) is 5.60. The van der Waals surface area contributed by atoms with Crippen LogP contribution in [0.15, 0.2) is 63.6 Å². The van der Waals surface area contributed by atoms with Gasteiger partial charge in [-0.2, -0.15) is 4.98 Å². The van der Waals surface area contributed by atoms with E-state index in [2.05, 4.69) is 31.4 Å². The van der Waals surface area contributed by atoms with E-state index in [0.717, 1.165) is 15.6 Å². The van der Waals surface area contributed by atoms with Gasteiger partial charge in [0, 0.05) is 10.0 Å². The lowest BCUT2D eigenvalue weighted by molar-refractivity contribution is 0.0504. The van der Waals surface area contributed by atoms with Gasteiger partial charge in [-0.3, -0.25) is 0 Å². The minimum Gasteiger partial charge on any atom is -0.444 e. The molecule has 1 aromatic heterocycles. The molecule has 1 heterocycles. The standard InChI is InChI=1S/C20H20BrN3O3/c1-20(2,3)26-19(25)22-16(13-7-5-4-6-8-13)18-23-17(24-27-18)14-9-11-15(21)12-10-14/h4-12,16H,1-3H3,(H,22,25)/t16-/m1/s1. The highest BCUT2D eigenvalue weighted by atomic mass is 79.9. The topological polar surface area (TPSA) is 77.2 Å². The van der Waals surface area contributed by atoms with E-state index in [1.807, 2.05) is 75.4 Å². The Bertz CT molecular complexity index is 902. The Balaban J connectivity index is 1.89. The molecule has 7 heteroatoms. The van der Waals surface area contributed by atoms with E-state index in [-0.39, 0.29) is 5.89 Å². The molecule has 0 aliphatic heterocycles. The summed E-state index contributed by atoms with van der Waals surface area (Å²) in [6, 6.07) is 16.4. The third kappa shape index (κ3) is 5.17. The summed E-state index contributed by atoms with van der Waals surface area (Å²) >= 11 is 3.40. The third-order valence-corrected chi connectivity index (χ3v) is 4.11. The monoisotopic (exact) mass is 429 g/mol. The maximum Gasteiger partial charge on any atom is 0.408 e. The SMILES string of the molecule is CC(C)(C)OC(=O)N[C@H](c1ccccc1)c1nc(-c2ccc(Br)cc2)no1. The first-order chi connectivity index (χ1) is 12.8. The molecule has 140 valence electrons. The fourth-order valence-electron chi connectivity index (χ4n) is 2.43. The van der Waals surface area contributed by atoms with Crippen LogP contribution in [-0.2, 0) is 4.74 Å². The molecule has 0 fully saturated rings. The van der Waals surface area contributed by atoms with Crippen LogP contribution in [0.3, 0.4) is 0 Å². The van der Waals surface area contributed by atoms with Crippen LogP contribution in [0.5, 0.6) is 0 Å². The molecule has 3 rings (SSSR count). The Morgan fingerprint density at radius 1 is 1.11 bits per heavy atom. The van der Waals surface area contributed by atoms with Gasteiger partial charge in [-0.15, -0.1) is 0 Å². The number of rotatable bonds is 4. The van der Waals surface area contributed by atoms with Crippen molar-refractivity contribution in [2.75, 3.05) is 0 Å². The Morgan fingerprint density at radius 2 is 1.78 bits per heavy atom. The normalized spacial score (nSPS) is 12.4. The number of carbonyl (C=O) groups is 1. The molecule has 0 bridgehead atoms. The van der Waals surface area contributed by atoms with Gasteiger partial charge in [0.05, 0.1) is 0 Å². The van der Waals surface area contributed by atoms with Crippen molar-refractivity contribution in [2.24, 2.45) is 0 Å². The van der Waals surface area contributed by atoms with Gasteiger partial charge in [0.2, 0.25) is 5.82 Å². The van der Waals surface area contributed by atoms with E-state index in [0.29, 0.717) is 5.82 Å². The highest BCUT2D eigenvalue weighted by Crippen LogP contribution is 2.25. The van der Waals surface area contributed by atoms with Crippen LogP contribution in [0.25, 0.3) is 11.4 Å². The number of alkyl carbamates (subject to hydrolysis) is 1. The summed E-state index contributed by atoms with van der Waals surface area (Å²) in [5.41, 5.74) is 1.02. The van der Waals surface area contributed by atoms with Crippen LogP contribution in [-0.4, -0.2) is 21.8 Å². The number of ether oxygens (including phenoxy) is 1. The quantitative estimate of drug-likeness (QED) is 0.622. The lowest BCUT2D eigenvalue weighted by Crippen LogP contribution is -2.35. The van der Waals surface area contributed by atoms with Crippen molar-refractivity contribution < 1.29 is 14.1 Å². The molecule has 0 aliphatic rings. The molecule has 0 spiro atoms. The molecule has 1 atom stereocenters. The van der Waals surface area contributed by atoms with Crippen molar-refractivity contribution in [2.45, 2.75) is 32.4 Å². The minimum atomic E-state index is -0.613. The Morgan fingerprint density at radius 3 is 2.41 bits per heavy atom. The molecule has 0 saturated carbocycles. The van der Waals surface area contributed by atoms with Crippen molar-refractivity contribution >= 4 is 22.0 Å². The van der Waals surface area contributed by atoms with Gasteiger partial charge in [-0.05, 0) is 50.6 Å². The van der Waals surface area contributed by atoms with Crippen LogP contribution in [0.2, 0.25) is 0 Å². The van der Waals surface area contributed by atoms with Crippen LogP contribution in [0.4, 0.5) is 4.79 Å². The zero-order valence-electron chi connectivity index (χ0n) is 15.3. The van der Waals surface area contributed by atoms with E-state index >= 15 is 0 Å². The second-order valence-corrected chi connectivity index (χ2v) is 7.87. The largest absolute Gasteiger partial charge is 0.444 e. The second kappa shape index (κ2) is 7.92. The van der Waals surface area contributed by atoms with Gasteiger partial charge in [-0.25, -0.2) is 4.79 Å². The van der Waals surface area contributed by atoms with Crippen LogP contribution in [0, 0.1) is 0 Å². The van der Waals surface area contributed by atoms with Crippen molar-refractivity contribution in [3.05, 3.63) is 70.5 Å². The molecule has 0 aliphatic carbocycles. The molecule has 0 radical (unpaired) electrons. The van der Waals surface area contributed by atoms with Crippen LogP contribution in [0.1, 0.15) is 38.3 Å². The van der Waals surface area contributed by atoms with E-state index in [4.69, 9.17) is 9.26 Å². The van der Waals surface area contributed by atoms with Gasteiger partial charge in [0.1, 0.15) is 11.6 Å². The number of nitrogens with one attached hydrogen (secondary N) is 1. The molecular weight excluding hydrogens is 410 g/mol. The predicted molar refractivity (Wildman–Crippen MR) is 105 cm³/mol. The fourth-order valence-corrected chi connectivity index (χ4v) is 2.69. The fraction of sp³-hybridized carbons (Fsp3) is 0.250. The summed E-state index contributed by atoms with van der Waals surface area (Å²) in [6.07, 6.45) is -0.556. The van der Waals surface area contributed by atoms with E-state index < -0.39 is 17.7 Å². The first-order valence-corrected chi connectivity index (χ1v) is 9.25. The molecule has 0 saturated heterocycles. The minimum absolute atomic E-state index is 0.282. The van der Waals surface area contributed by atoms with Gasteiger partial charge < -0.3 is 14.6 Å². The summed E-state index contributed by atoms with van der Waals surface area (Å²) in [4.78, 5) is 16.8. The molecular formula is C20H20BrN3O3. The maximum absolute atomic E-state index is 12.3. The zero-order valence-corrected chi connectivity index (χ0v) is 16.9. The van der Waals surface area contributed by atoms with Crippen molar-refractivity contribution in [3.63, 3.8) is 0 Å². The Labute approximate surface area is 166 Å². The highest BCUT2D eigenvalue weighted by molar-refractivity contribution is 9.10. The lowest BCUT2D eigenvalue weighted by Gasteiger charge is -2.22. The number of hydrogen-bond acceptors (Lipinski definition) is 5. The maximum atomic E-state index is 12.3. The summed E-state index contributed by atoms with van der Waals surface area (Å²) < 4.78 is 11.8. The number of aromatic nitrogens is 2. The lowest BCUT2D eigenvalue weighted by atomic mass is 10.1. The summed E-state index contributed by atoms with van der Waals surface area (Å²) in [7, 11) is 0. The van der Waals surface area contributed by atoms with E-state index in [1.54, 1.807) is 0 Å². The van der Waals surface area contributed by atoms with E-state index in [9.17, 15) is 4.79 Å². The molecule has 1 N–H and O–H groups in total. The van der Waals surface area contributed by atoms with Crippen molar-refractivity contribution in [1.29, 1.82) is 0 Å². The average molecular weight is 430 g/mol. The molecule has 27 heavy (non-hydrogen) atoms. The molecule has 3 aromatic rings. The number of hydrogen-bond donors (Lipinski definition) is 1.